The third kappa shape index (κ3) is 12.3. The summed E-state index contributed by atoms with van der Waals surface area (Å²) in [6.07, 6.45) is 3.77. The first-order chi connectivity index (χ1) is 12.2. The summed E-state index contributed by atoms with van der Waals surface area (Å²) in [7, 11) is 0. The zero-order valence-electron chi connectivity index (χ0n) is 17.5. The number of aliphatic hydroxyl groups excluding tert-OH is 1. The quantitative estimate of drug-likeness (QED) is 0.562. The molecule has 148 valence electrons. The first-order valence-corrected chi connectivity index (χ1v) is 9.70. The van der Waals surface area contributed by atoms with E-state index < -0.39 is 4.92 Å². The average molecular weight is 358 g/mol. The third-order valence-corrected chi connectivity index (χ3v) is 2.98. The Morgan fingerprint density at radius 2 is 1.60 bits per heavy atom. The van der Waals surface area contributed by atoms with Gasteiger partial charge in [0.15, 0.2) is 6.20 Å². The minimum Gasteiger partial charge on any atom is -0.393 e. The molecular formula is C19H39N3O3. The van der Waals surface area contributed by atoms with E-state index in [0.717, 1.165) is 38.0 Å². The van der Waals surface area contributed by atoms with Crippen LogP contribution in [0.4, 0.5) is 11.5 Å². The van der Waals surface area contributed by atoms with Gasteiger partial charge in [0, 0.05) is 19.2 Å². The lowest BCUT2D eigenvalue weighted by Gasteiger charge is -2.20. The summed E-state index contributed by atoms with van der Waals surface area (Å²) >= 11 is 0. The second-order valence-electron chi connectivity index (χ2n) is 4.20. The predicted molar refractivity (Wildman–Crippen MR) is 108 cm³/mol. The van der Waals surface area contributed by atoms with Crippen molar-refractivity contribution in [2.45, 2.75) is 80.8 Å². The molecule has 1 atom stereocenters. The van der Waals surface area contributed by atoms with Gasteiger partial charge in [-0.25, -0.2) is 0 Å². The molecule has 2 rings (SSSR count). The van der Waals surface area contributed by atoms with Gasteiger partial charge in [0.05, 0.1) is 11.8 Å². The number of hydrogen-bond donors (Lipinski definition) is 1. The van der Waals surface area contributed by atoms with Gasteiger partial charge in [0.1, 0.15) is 0 Å². The Labute approximate surface area is 154 Å². The SMILES string of the molecule is CC.CC.CC.CC.O=[N+]([O-])c1ccc(N2CCCC(O)CC2)cn1. The van der Waals surface area contributed by atoms with Crippen molar-refractivity contribution >= 4 is 11.5 Å². The predicted octanol–water partition coefficient (Wildman–Crippen LogP) is 5.45. The summed E-state index contributed by atoms with van der Waals surface area (Å²) in [5.41, 5.74) is 0.879. The highest BCUT2D eigenvalue weighted by atomic mass is 16.6. The lowest BCUT2D eigenvalue weighted by molar-refractivity contribution is -0.389. The maximum atomic E-state index is 10.5. The minimum atomic E-state index is -0.504. The summed E-state index contributed by atoms with van der Waals surface area (Å²) in [4.78, 5) is 15.9. The number of pyridine rings is 1. The molecule has 0 amide bonds. The van der Waals surface area contributed by atoms with Crippen molar-refractivity contribution in [1.82, 2.24) is 4.98 Å². The fourth-order valence-corrected chi connectivity index (χ4v) is 2.01. The Kier molecular flexibility index (Phi) is 22.9. The summed E-state index contributed by atoms with van der Waals surface area (Å²) < 4.78 is 0. The van der Waals surface area contributed by atoms with Crippen LogP contribution in [0, 0.1) is 10.1 Å². The van der Waals surface area contributed by atoms with Crippen LogP contribution >= 0.6 is 0 Å². The van der Waals surface area contributed by atoms with Crippen LogP contribution in [-0.4, -0.2) is 34.2 Å². The molecule has 0 saturated carbocycles. The van der Waals surface area contributed by atoms with Crippen LogP contribution in [0.15, 0.2) is 18.3 Å². The molecule has 0 bridgehead atoms. The molecule has 1 aliphatic rings. The van der Waals surface area contributed by atoms with Gasteiger partial charge < -0.3 is 20.1 Å². The van der Waals surface area contributed by atoms with Crippen LogP contribution in [0.5, 0.6) is 0 Å². The van der Waals surface area contributed by atoms with E-state index in [1.165, 1.54) is 12.3 Å². The van der Waals surface area contributed by atoms with Crippen molar-refractivity contribution in [1.29, 1.82) is 0 Å². The van der Waals surface area contributed by atoms with E-state index in [2.05, 4.69) is 9.88 Å². The van der Waals surface area contributed by atoms with Crippen LogP contribution in [0.3, 0.4) is 0 Å². The molecule has 0 aromatic carbocycles. The number of nitro groups is 1. The second kappa shape index (κ2) is 20.4. The average Bonchev–Trinajstić information content (AvgIpc) is 2.93. The van der Waals surface area contributed by atoms with Gasteiger partial charge in [-0.1, -0.05) is 55.4 Å². The molecule has 0 spiro atoms. The Balaban J connectivity index is -0.000000533. The lowest BCUT2D eigenvalue weighted by atomic mass is 10.2. The van der Waals surface area contributed by atoms with E-state index >= 15 is 0 Å². The summed E-state index contributed by atoms with van der Waals surface area (Å²) in [5, 5.41) is 20.0. The molecule has 6 heteroatoms. The van der Waals surface area contributed by atoms with E-state index in [1.54, 1.807) is 6.07 Å². The molecule has 0 radical (unpaired) electrons. The molecule has 1 saturated heterocycles. The van der Waals surface area contributed by atoms with Gasteiger partial charge in [-0.15, -0.1) is 0 Å². The Bertz CT molecular complexity index is 397. The second-order valence-corrected chi connectivity index (χ2v) is 4.20. The van der Waals surface area contributed by atoms with E-state index in [1.807, 2.05) is 55.4 Å². The molecule has 1 N–H and O–H groups in total. The van der Waals surface area contributed by atoms with Gasteiger partial charge in [-0.05, 0) is 35.2 Å². The van der Waals surface area contributed by atoms with Crippen molar-refractivity contribution in [3.05, 3.63) is 28.4 Å². The maximum absolute atomic E-state index is 10.5. The van der Waals surface area contributed by atoms with E-state index in [0.29, 0.717) is 0 Å². The highest BCUT2D eigenvalue weighted by molar-refractivity contribution is 5.46. The Morgan fingerprint density at radius 3 is 2.04 bits per heavy atom. The molecule has 2 heterocycles. The first kappa shape index (κ1) is 28.1. The fraction of sp³-hybridized carbons (Fsp3) is 0.737. The largest absolute Gasteiger partial charge is 0.393 e. The highest BCUT2D eigenvalue weighted by Crippen LogP contribution is 2.20. The maximum Gasteiger partial charge on any atom is 0.363 e. The Morgan fingerprint density at radius 1 is 1.04 bits per heavy atom. The van der Waals surface area contributed by atoms with Crippen LogP contribution in [-0.2, 0) is 0 Å². The van der Waals surface area contributed by atoms with Crippen molar-refractivity contribution in [2.75, 3.05) is 18.0 Å². The van der Waals surface area contributed by atoms with Gasteiger partial charge >= 0.3 is 5.82 Å². The highest BCUT2D eigenvalue weighted by Gasteiger charge is 2.17. The third-order valence-electron chi connectivity index (χ3n) is 2.98. The molecule has 1 aliphatic heterocycles. The number of aliphatic hydroxyl groups is 1. The molecule has 1 aromatic rings. The molecule has 1 fully saturated rings. The van der Waals surface area contributed by atoms with Crippen LogP contribution in [0.1, 0.15) is 74.7 Å². The summed E-state index contributed by atoms with van der Waals surface area (Å²) in [6, 6.07) is 3.12. The zero-order valence-corrected chi connectivity index (χ0v) is 17.5. The van der Waals surface area contributed by atoms with E-state index in [9.17, 15) is 15.2 Å². The molecule has 1 unspecified atom stereocenters. The van der Waals surface area contributed by atoms with Crippen molar-refractivity contribution in [2.24, 2.45) is 0 Å². The number of rotatable bonds is 2. The molecular weight excluding hydrogens is 318 g/mol. The number of nitrogens with zero attached hydrogens (tertiary/aromatic N) is 3. The van der Waals surface area contributed by atoms with Crippen LogP contribution in [0.2, 0.25) is 0 Å². The van der Waals surface area contributed by atoms with Gasteiger partial charge in [-0.2, -0.15) is 0 Å². The van der Waals surface area contributed by atoms with Crippen molar-refractivity contribution in [3.63, 3.8) is 0 Å². The molecule has 6 nitrogen and oxygen atoms in total. The summed E-state index contributed by atoms with van der Waals surface area (Å²) in [5.74, 6) is -0.136. The monoisotopic (exact) mass is 357 g/mol. The van der Waals surface area contributed by atoms with Crippen LogP contribution < -0.4 is 4.90 Å². The normalized spacial score (nSPS) is 15.2. The zero-order chi connectivity index (χ0) is 20.3. The molecule has 1 aromatic heterocycles. The smallest absolute Gasteiger partial charge is 0.363 e. The number of aromatic nitrogens is 1. The fourth-order valence-electron chi connectivity index (χ4n) is 2.01. The standard InChI is InChI=1S/C11H15N3O3.4C2H6/c15-10-2-1-6-13(7-5-10)9-3-4-11(12-8-9)14(16)17;4*1-2/h3-4,8,10,15H,1-2,5-7H2;4*1-2H3. The topological polar surface area (TPSA) is 79.5 Å². The molecule has 25 heavy (non-hydrogen) atoms. The van der Waals surface area contributed by atoms with Gasteiger partial charge in [0.2, 0.25) is 0 Å². The number of hydrogen-bond acceptors (Lipinski definition) is 5. The van der Waals surface area contributed by atoms with Gasteiger partial charge in [-0.3, -0.25) is 0 Å². The van der Waals surface area contributed by atoms with E-state index in [4.69, 9.17) is 0 Å². The Hall–Kier alpha value is -1.69. The molecule has 0 aliphatic carbocycles. The van der Waals surface area contributed by atoms with Crippen molar-refractivity contribution in [3.8, 4) is 0 Å². The lowest BCUT2D eigenvalue weighted by Crippen LogP contribution is -2.24. The van der Waals surface area contributed by atoms with Gasteiger partial charge in [0.25, 0.3) is 0 Å². The first-order valence-electron chi connectivity index (χ1n) is 9.70. The van der Waals surface area contributed by atoms with E-state index in [-0.39, 0.29) is 11.9 Å². The minimum absolute atomic E-state index is 0.136. The van der Waals surface area contributed by atoms with Crippen LogP contribution in [0.25, 0.3) is 0 Å². The van der Waals surface area contributed by atoms with Crippen molar-refractivity contribution < 1.29 is 10.0 Å². The number of anilines is 1. The summed E-state index contributed by atoms with van der Waals surface area (Å²) in [6.45, 7) is 17.6.